The summed E-state index contributed by atoms with van der Waals surface area (Å²) in [5.41, 5.74) is 0.719. The molecule has 0 unspecified atom stereocenters. The topological polar surface area (TPSA) is 78.9 Å². The van der Waals surface area contributed by atoms with Crippen molar-refractivity contribution in [2.24, 2.45) is 0 Å². The van der Waals surface area contributed by atoms with Crippen molar-refractivity contribution >= 4 is 17.5 Å². The molecular weight excluding hydrogens is 312 g/mol. The quantitative estimate of drug-likeness (QED) is 0.543. The van der Waals surface area contributed by atoms with E-state index in [1.165, 1.54) is 39.3 Å². The van der Waals surface area contributed by atoms with E-state index < -0.39 is 5.97 Å². The molecule has 6 nitrogen and oxygen atoms in total. The zero-order valence-electron chi connectivity index (χ0n) is 13.3. The molecule has 1 aliphatic rings. The van der Waals surface area contributed by atoms with Crippen LogP contribution in [0.5, 0.6) is 17.2 Å². The van der Waals surface area contributed by atoms with Crippen molar-refractivity contribution in [1.29, 1.82) is 0 Å². The van der Waals surface area contributed by atoms with Gasteiger partial charge in [-0.05, 0) is 30.3 Å². The van der Waals surface area contributed by atoms with Gasteiger partial charge in [-0.15, -0.1) is 0 Å². The molecule has 0 fully saturated rings. The van der Waals surface area contributed by atoms with Gasteiger partial charge in [0.05, 0.1) is 25.3 Å². The van der Waals surface area contributed by atoms with Crippen LogP contribution in [-0.4, -0.2) is 31.8 Å². The summed E-state index contributed by atoms with van der Waals surface area (Å²) < 4.78 is 15.4. The maximum absolute atomic E-state index is 12.9. The molecule has 0 saturated heterocycles. The molecule has 0 saturated carbocycles. The van der Waals surface area contributed by atoms with Gasteiger partial charge in [-0.1, -0.05) is 0 Å². The van der Waals surface area contributed by atoms with Gasteiger partial charge in [0.1, 0.15) is 17.2 Å². The molecule has 0 amide bonds. The Morgan fingerprint density at radius 2 is 1.38 bits per heavy atom. The minimum atomic E-state index is -0.510. The van der Waals surface area contributed by atoms with E-state index in [2.05, 4.69) is 0 Å². The lowest BCUT2D eigenvalue weighted by Gasteiger charge is -2.21. The van der Waals surface area contributed by atoms with Crippen molar-refractivity contribution in [1.82, 2.24) is 0 Å². The smallest absolute Gasteiger partial charge is 0.308 e. The Kier molecular flexibility index (Phi) is 3.81. The standard InChI is InChI=1S/C18H14O6/c1-9(19)24-10-4-5-11-12(8-10)18(21)16-14(23-3)7-6-13(22-2)15(16)17(11)20/h4-8H,1-3H3. The van der Waals surface area contributed by atoms with E-state index in [9.17, 15) is 14.4 Å². The zero-order valence-corrected chi connectivity index (χ0v) is 13.3. The van der Waals surface area contributed by atoms with Gasteiger partial charge in [-0.2, -0.15) is 0 Å². The van der Waals surface area contributed by atoms with E-state index in [1.807, 2.05) is 0 Å². The molecular formula is C18H14O6. The van der Waals surface area contributed by atoms with Gasteiger partial charge in [0.15, 0.2) is 11.6 Å². The number of ketones is 2. The van der Waals surface area contributed by atoms with E-state index in [0.717, 1.165) is 0 Å². The molecule has 0 atom stereocenters. The van der Waals surface area contributed by atoms with Crippen molar-refractivity contribution in [3.63, 3.8) is 0 Å². The molecule has 0 aromatic heterocycles. The maximum Gasteiger partial charge on any atom is 0.308 e. The molecule has 6 heteroatoms. The Balaban J connectivity index is 2.24. The Hall–Kier alpha value is -3.15. The molecule has 0 heterocycles. The molecule has 0 aliphatic heterocycles. The first-order chi connectivity index (χ1) is 11.5. The van der Waals surface area contributed by atoms with Crippen molar-refractivity contribution in [2.75, 3.05) is 14.2 Å². The first kappa shape index (κ1) is 15.7. The van der Waals surface area contributed by atoms with Gasteiger partial charge in [-0.25, -0.2) is 0 Å². The molecule has 0 bridgehead atoms. The summed E-state index contributed by atoms with van der Waals surface area (Å²) in [5, 5.41) is 0. The van der Waals surface area contributed by atoms with Crippen molar-refractivity contribution in [2.45, 2.75) is 6.92 Å². The number of esters is 1. The molecule has 0 radical (unpaired) electrons. The minimum Gasteiger partial charge on any atom is -0.496 e. The van der Waals surface area contributed by atoms with Crippen LogP contribution in [0.15, 0.2) is 30.3 Å². The summed E-state index contributed by atoms with van der Waals surface area (Å²) >= 11 is 0. The van der Waals surface area contributed by atoms with Crippen LogP contribution < -0.4 is 14.2 Å². The summed E-state index contributed by atoms with van der Waals surface area (Å²) in [6.45, 7) is 1.26. The molecule has 1 aliphatic carbocycles. The highest BCUT2D eigenvalue weighted by molar-refractivity contribution is 6.30. The third-order valence-electron chi connectivity index (χ3n) is 3.76. The molecule has 0 N–H and O–H groups in total. The number of hydrogen-bond donors (Lipinski definition) is 0. The largest absolute Gasteiger partial charge is 0.496 e. The van der Waals surface area contributed by atoms with Crippen LogP contribution in [0, 0.1) is 0 Å². The van der Waals surface area contributed by atoms with Crippen LogP contribution in [0.2, 0.25) is 0 Å². The molecule has 0 spiro atoms. The van der Waals surface area contributed by atoms with Gasteiger partial charge >= 0.3 is 5.97 Å². The number of ether oxygens (including phenoxy) is 3. The number of benzene rings is 2. The molecule has 2 aromatic carbocycles. The van der Waals surface area contributed by atoms with Crippen LogP contribution in [0.1, 0.15) is 38.8 Å². The van der Waals surface area contributed by atoms with Crippen molar-refractivity contribution < 1.29 is 28.6 Å². The number of fused-ring (bicyclic) bond motifs is 2. The van der Waals surface area contributed by atoms with Gasteiger partial charge in [-0.3, -0.25) is 14.4 Å². The number of carbonyl (C=O) groups is 3. The highest BCUT2D eigenvalue weighted by Gasteiger charge is 2.35. The number of hydrogen-bond acceptors (Lipinski definition) is 6. The molecule has 24 heavy (non-hydrogen) atoms. The van der Waals surface area contributed by atoms with E-state index in [1.54, 1.807) is 12.1 Å². The van der Waals surface area contributed by atoms with Crippen LogP contribution >= 0.6 is 0 Å². The number of methoxy groups -OCH3 is 2. The lowest BCUT2D eigenvalue weighted by atomic mass is 9.83. The van der Waals surface area contributed by atoms with E-state index >= 15 is 0 Å². The maximum atomic E-state index is 12.9. The predicted molar refractivity (Wildman–Crippen MR) is 84.2 cm³/mol. The first-order valence-electron chi connectivity index (χ1n) is 7.14. The van der Waals surface area contributed by atoms with Gasteiger partial charge in [0.25, 0.3) is 0 Å². The van der Waals surface area contributed by atoms with Crippen molar-refractivity contribution in [3.05, 3.63) is 52.6 Å². The highest BCUT2D eigenvalue weighted by atomic mass is 16.5. The minimum absolute atomic E-state index is 0.148. The lowest BCUT2D eigenvalue weighted by Crippen LogP contribution is -2.22. The summed E-state index contributed by atoms with van der Waals surface area (Å²) in [6.07, 6.45) is 0. The molecule has 122 valence electrons. The van der Waals surface area contributed by atoms with Crippen LogP contribution in [-0.2, 0) is 4.79 Å². The van der Waals surface area contributed by atoms with Gasteiger partial charge in [0.2, 0.25) is 0 Å². The first-order valence-corrected chi connectivity index (χ1v) is 7.14. The Morgan fingerprint density at radius 3 is 1.88 bits per heavy atom. The highest BCUT2D eigenvalue weighted by Crippen LogP contribution is 2.39. The van der Waals surface area contributed by atoms with Crippen LogP contribution in [0.25, 0.3) is 0 Å². The van der Waals surface area contributed by atoms with E-state index in [-0.39, 0.29) is 45.3 Å². The van der Waals surface area contributed by atoms with E-state index in [4.69, 9.17) is 14.2 Å². The lowest BCUT2D eigenvalue weighted by molar-refractivity contribution is -0.131. The normalized spacial score (nSPS) is 12.3. The monoisotopic (exact) mass is 326 g/mol. The van der Waals surface area contributed by atoms with E-state index in [0.29, 0.717) is 5.75 Å². The second-order valence-corrected chi connectivity index (χ2v) is 5.18. The van der Waals surface area contributed by atoms with Gasteiger partial charge in [0, 0.05) is 18.1 Å². The van der Waals surface area contributed by atoms with Gasteiger partial charge < -0.3 is 14.2 Å². The molecule has 2 aromatic rings. The second-order valence-electron chi connectivity index (χ2n) is 5.18. The third-order valence-corrected chi connectivity index (χ3v) is 3.76. The average molecular weight is 326 g/mol. The molecule has 3 rings (SSSR count). The van der Waals surface area contributed by atoms with Crippen LogP contribution in [0.4, 0.5) is 0 Å². The SMILES string of the molecule is COc1ccc(OC)c2c1C(=O)c1ccc(OC(C)=O)cc1C2=O. The fourth-order valence-corrected chi connectivity index (χ4v) is 2.76. The fourth-order valence-electron chi connectivity index (χ4n) is 2.76. The number of carbonyl (C=O) groups excluding carboxylic acids is 3. The Labute approximate surface area is 137 Å². The predicted octanol–water partition coefficient (Wildman–Crippen LogP) is 2.40. The Morgan fingerprint density at radius 1 is 0.833 bits per heavy atom. The summed E-state index contributed by atoms with van der Waals surface area (Å²) in [6, 6.07) is 7.49. The Bertz CT molecular complexity index is 881. The third kappa shape index (κ3) is 2.32. The van der Waals surface area contributed by atoms with Crippen molar-refractivity contribution in [3.8, 4) is 17.2 Å². The summed E-state index contributed by atoms with van der Waals surface area (Å²) in [4.78, 5) is 36.8. The fraction of sp³-hybridized carbons (Fsp3) is 0.167. The number of rotatable bonds is 3. The zero-order chi connectivity index (χ0) is 17.4. The summed E-state index contributed by atoms with van der Waals surface area (Å²) in [5.74, 6) is -0.447. The second kappa shape index (κ2) is 5.81. The summed E-state index contributed by atoms with van der Waals surface area (Å²) in [7, 11) is 2.85. The average Bonchev–Trinajstić information content (AvgIpc) is 2.57. The van der Waals surface area contributed by atoms with Crippen LogP contribution in [0.3, 0.4) is 0 Å².